The summed E-state index contributed by atoms with van der Waals surface area (Å²) in [6.45, 7) is 4.39. The second-order valence-corrected chi connectivity index (χ2v) is 5.70. The van der Waals surface area contributed by atoms with Gasteiger partial charge in [0.05, 0.1) is 4.92 Å². The average Bonchev–Trinajstić information content (AvgIpc) is 2.41. The van der Waals surface area contributed by atoms with Crippen LogP contribution in [0.1, 0.15) is 51.1 Å². The van der Waals surface area contributed by atoms with Crippen molar-refractivity contribution in [3.63, 3.8) is 0 Å². The van der Waals surface area contributed by atoms with Crippen LogP contribution in [-0.4, -0.2) is 11.0 Å². The van der Waals surface area contributed by atoms with E-state index < -0.39 is 0 Å². The number of nitro benzene ring substituents is 1. The lowest BCUT2D eigenvalue weighted by Gasteiger charge is -2.29. The van der Waals surface area contributed by atoms with E-state index in [2.05, 4.69) is 19.2 Å². The van der Waals surface area contributed by atoms with Gasteiger partial charge < -0.3 is 5.32 Å². The Labute approximate surface area is 114 Å². The van der Waals surface area contributed by atoms with Gasteiger partial charge in [-0.05, 0) is 44.1 Å². The van der Waals surface area contributed by atoms with Gasteiger partial charge in [0.2, 0.25) is 0 Å². The molecule has 0 heterocycles. The van der Waals surface area contributed by atoms with Crippen molar-refractivity contribution in [3.05, 3.63) is 39.9 Å². The largest absolute Gasteiger partial charge is 0.307 e. The first-order valence-electron chi connectivity index (χ1n) is 7.06. The minimum Gasteiger partial charge on any atom is -0.307 e. The lowest BCUT2D eigenvalue weighted by Crippen LogP contribution is -2.34. The number of nitro groups is 1. The number of rotatable bonds is 4. The van der Waals surface area contributed by atoms with Gasteiger partial charge in [-0.25, -0.2) is 0 Å². The molecular weight excluding hydrogens is 240 g/mol. The van der Waals surface area contributed by atoms with Crippen LogP contribution in [0.25, 0.3) is 0 Å². The first kappa shape index (κ1) is 14.0. The van der Waals surface area contributed by atoms with E-state index in [4.69, 9.17) is 0 Å². The lowest BCUT2D eigenvalue weighted by molar-refractivity contribution is -0.384. The van der Waals surface area contributed by atoms with Crippen molar-refractivity contribution >= 4 is 5.69 Å². The van der Waals surface area contributed by atoms with Crippen molar-refractivity contribution in [2.75, 3.05) is 0 Å². The molecule has 0 bridgehead atoms. The van der Waals surface area contributed by atoms with Crippen molar-refractivity contribution in [2.24, 2.45) is 5.92 Å². The number of non-ortho nitro benzene ring substituents is 1. The van der Waals surface area contributed by atoms with E-state index in [1.165, 1.54) is 25.7 Å². The van der Waals surface area contributed by atoms with Crippen LogP contribution < -0.4 is 5.32 Å². The van der Waals surface area contributed by atoms with Crippen LogP contribution in [-0.2, 0) is 0 Å². The van der Waals surface area contributed by atoms with Crippen molar-refractivity contribution in [1.29, 1.82) is 0 Å². The molecule has 1 aliphatic rings. The van der Waals surface area contributed by atoms with E-state index in [0.717, 1.165) is 11.5 Å². The Morgan fingerprint density at radius 2 is 2.00 bits per heavy atom. The molecule has 1 aliphatic carbocycles. The molecule has 0 aliphatic heterocycles. The third kappa shape index (κ3) is 3.77. The molecule has 1 atom stereocenters. The van der Waals surface area contributed by atoms with Gasteiger partial charge in [0.1, 0.15) is 0 Å². The van der Waals surface area contributed by atoms with E-state index in [0.29, 0.717) is 6.04 Å². The fourth-order valence-electron chi connectivity index (χ4n) is 2.78. The van der Waals surface area contributed by atoms with E-state index in [1.54, 1.807) is 18.2 Å². The fourth-order valence-corrected chi connectivity index (χ4v) is 2.78. The molecule has 0 radical (unpaired) electrons. The first-order valence-corrected chi connectivity index (χ1v) is 7.06. The minimum absolute atomic E-state index is 0.165. The van der Waals surface area contributed by atoms with Gasteiger partial charge in [-0.1, -0.05) is 19.1 Å². The van der Waals surface area contributed by atoms with E-state index in [-0.39, 0.29) is 16.7 Å². The van der Waals surface area contributed by atoms with Crippen molar-refractivity contribution in [3.8, 4) is 0 Å². The maximum Gasteiger partial charge on any atom is 0.269 e. The Bertz CT molecular complexity index is 440. The van der Waals surface area contributed by atoms with Crippen LogP contribution in [0.2, 0.25) is 0 Å². The highest BCUT2D eigenvalue weighted by Crippen LogP contribution is 2.26. The zero-order valence-electron chi connectivity index (χ0n) is 11.6. The molecule has 0 aromatic heterocycles. The summed E-state index contributed by atoms with van der Waals surface area (Å²) >= 11 is 0. The second kappa shape index (κ2) is 6.15. The molecule has 1 N–H and O–H groups in total. The van der Waals surface area contributed by atoms with E-state index >= 15 is 0 Å². The van der Waals surface area contributed by atoms with Crippen molar-refractivity contribution in [1.82, 2.24) is 5.32 Å². The monoisotopic (exact) mass is 262 g/mol. The Kier molecular flexibility index (Phi) is 4.53. The molecule has 1 fully saturated rings. The highest BCUT2D eigenvalue weighted by atomic mass is 16.6. The predicted octanol–water partition coefficient (Wildman–Crippen LogP) is 3.82. The van der Waals surface area contributed by atoms with Crippen molar-refractivity contribution in [2.45, 2.75) is 51.6 Å². The number of nitrogens with one attached hydrogen (secondary N) is 1. The number of hydrogen-bond donors (Lipinski definition) is 1. The zero-order chi connectivity index (χ0) is 13.8. The summed E-state index contributed by atoms with van der Waals surface area (Å²) in [4.78, 5) is 10.5. The van der Waals surface area contributed by atoms with Crippen LogP contribution in [0.15, 0.2) is 24.3 Å². The standard InChI is InChI=1S/C15H22N2O2/c1-11-6-8-14(9-7-11)16-12(2)13-4-3-5-15(10-13)17(18)19/h3-5,10-12,14,16H,6-9H2,1-2H3. The smallest absolute Gasteiger partial charge is 0.269 e. The molecule has 1 saturated carbocycles. The van der Waals surface area contributed by atoms with Gasteiger partial charge in [-0.2, -0.15) is 0 Å². The van der Waals surface area contributed by atoms with E-state index in [1.807, 2.05) is 6.07 Å². The molecular formula is C15H22N2O2. The summed E-state index contributed by atoms with van der Waals surface area (Å²) in [6, 6.07) is 7.63. The molecule has 1 aromatic rings. The SMILES string of the molecule is CC1CCC(NC(C)c2cccc([N+](=O)[O-])c2)CC1. The Morgan fingerprint density at radius 3 is 2.63 bits per heavy atom. The molecule has 4 nitrogen and oxygen atoms in total. The summed E-state index contributed by atoms with van der Waals surface area (Å²) in [5.41, 5.74) is 1.16. The minimum atomic E-state index is -0.335. The van der Waals surface area contributed by atoms with Crippen LogP contribution in [0.4, 0.5) is 5.69 Å². The molecule has 4 heteroatoms. The molecule has 104 valence electrons. The van der Waals surface area contributed by atoms with Crippen LogP contribution in [0, 0.1) is 16.0 Å². The molecule has 19 heavy (non-hydrogen) atoms. The molecule has 0 amide bonds. The maximum atomic E-state index is 10.8. The van der Waals surface area contributed by atoms with Crippen LogP contribution in [0.5, 0.6) is 0 Å². The fraction of sp³-hybridized carbons (Fsp3) is 0.600. The van der Waals surface area contributed by atoms with Gasteiger partial charge in [-0.15, -0.1) is 0 Å². The van der Waals surface area contributed by atoms with Gasteiger partial charge in [-0.3, -0.25) is 10.1 Å². The molecule has 0 saturated heterocycles. The molecule has 1 unspecified atom stereocenters. The van der Waals surface area contributed by atoms with Gasteiger partial charge in [0.25, 0.3) is 5.69 Å². The van der Waals surface area contributed by atoms with Gasteiger partial charge in [0.15, 0.2) is 0 Å². The quantitative estimate of drug-likeness (QED) is 0.663. The average molecular weight is 262 g/mol. The number of nitrogens with zero attached hydrogens (tertiary/aromatic N) is 1. The second-order valence-electron chi connectivity index (χ2n) is 5.70. The topological polar surface area (TPSA) is 55.2 Å². The molecule has 1 aromatic carbocycles. The summed E-state index contributed by atoms with van der Waals surface area (Å²) in [6.07, 6.45) is 4.97. The van der Waals surface area contributed by atoms with Gasteiger partial charge >= 0.3 is 0 Å². The Hall–Kier alpha value is -1.42. The lowest BCUT2D eigenvalue weighted by atomic mass is 9.87. The summed E-state index contributed by atoms with van der Waals surface area (Å²) in [5, 5.41) is 14.4. The number of hydrogen-bond acceptors (Lipinski definition) is 3. The highest BCUT2D eigenvalue weighted by molar-refractivity contribution is 5.35. The van der Waals surface area contributed by atoms with Crippen LogP contribution in [0.3, 0.4) is 0 Å². The Morgan fingerprint density at radius 1 is 1.32 bits per heavy atom. The first-order chi connectivity index (χ1) is 9.06. The summed E-state index contributed by atoms with van der Waals surface area (Å²) in [7, 11) is 0. The Balaban J connectivity index is 1.97. The third-order valence-corrected chi connectivity index (χ3v) is 4.08. The number of benzene rings is 1. The summed E-state index contributed by atoms with van der Waals surface area (Å²) < 4.78 is 0. The normalized spacial score (nSPS) is 24.9. The van der Waals surface area contributed by atoms with Crippen LogP contribution >= 0.6 is 0 Å². The third-order valence-electron chi connectivity index (χ3n) is 4.08. The van der Waals surface area contributed by atoms with Gasteiger partial charge in [0, 0.05) is 24.2 Å². The zero-order valence-corrected chi connectivity index (χ0v) is 11.6. The molecule has 2 rings (SSSR count). The van der Waals surface area contributed by atoms with Crippen molar-refractivity contribution < 1.29 is 4.92 Å². The highest BCUT2D eigenvalue weighted by Gasteiger charge is 2.20. The van der Waals surface area contributed by atoms with E-state index in [9.17, 15) is 10.1 Å². The predicted molar refractivity (Wildman–Crippen MR) is 76.1 cm³/mol. The summed E-state index contributed by atoms with van der Waals surface area (Å²) in [5.74, 6) is 0.839. The molecule has 0 spiro atoms. The maximum absolute atomic E-state index is 10.8.